The summed E-state index contributed by atoms with van der Waals surface area (Å²) in [6, 6.07) is 15.9. The van der Waals surface area contributed by atoms with Crippen molar-refractivity contribution in [2.24, 2.45) is 0 Å². The molecule has 0 fully saturated rings. The summed E-state index contributed by atoms with van der Waals surface area (Å²) in [6.45, 7) is 2.74. The lowest BCUT2D eigenvalue weighted by molar-refractivity contribution is -0.145. The Morgan fingerprint density at radius 1 is 1.15 bits per heavy atom. The van der Waals surface area contributed by atoms with Gasteiger partial charge >= 0.3 is 5.97 Å². The number of ether oxygens (including phenoxy) is 1. The summed E-state index contributed by atoms with van der Waals surface area (Å²) in [7, 11) is 0. The molecule has 2 aliphatic rings. The van der Waals surface area contributed by atoms with Crippen LogP contribution >= 0.6 is 11.8 Å². The maximum atomic E-state index is 13.2. The molecule has 0 unspecified atom stereocenters. The van der Waals surface area contributed by atoms with E-state index in [2.05, 4.69) is 12.1 Å². The molecule has 2 heterocycles. The number of hydrogen-bond acceptors (Lipinski definition) is 4. The standard InChI is InChI=1S/C21H21NO3S/c1-2-25-21(24)16-11-12-22(17-9-5-4-8-15(16)17)20(23)19-13-14-7-3-6-10-18(14)26-19/h3-10,16,19H,2,11-13H2,1H3/t16-,19-/m1/s1. The maximum Gasteiger partial charge on any atom is 0.313 e. The zero-order valence-corrected chi connectivity index (χ0v) is 15.5. The van der Waals surface area contributed by atoms with Gasteiger partial charge in [0.2, 0.25) is 5.91 Å². The van der Waals surface area contributed by atoms with Crippen LogP contribution in [0.3, 0.4) is 0 Å². The van der Waals surface area contributed by atoms with Crippen molar-refractivity contribution in [2.45, 2.75) is 35.8 Å². The zero-order valence-electron chi connectivity index (χ0n) is 14.7. The Hall–Kier alpha value is -2.27. The normalized spacial score (nSPS) is 21.0. The molecule has 2 aromatic carbocycles. The highest BCUT2D eigenvalue weighted by molar-refractivity contribution is 8.01. The van der Waals surface area contributed by atoms with Gasteiger partial charge in [0.15, 0.2) is 0 Å². The summed E-state index contributed by atoms with van der Waals surface area (Å²) in [5.41, 5.74) is 2.98. The molecule has 1 amide bonds. The van der Waals surface area contributed by atoms with E-state index in [9.17, 15) is 9.59 Å². The summed E-state index contributed by atoms with van der Waals surface area (Å²) < 4.78 is 5.23. The predicted octanol–water partition coefficient (Wildman–Crippen LogP) is 3.79. The average Bonchev–Trinajstić information content (AvgIpc) is 3.11. The van der Waals surface area contributed by atoms with E-state index in [1.807, 2.05) is 48.2 Å². The van der Waals surface area contributed by atoms with Gasteiger partial charge in [0.25, 0.3) is 0 Å². The highest BCUT2D eigenvalue weighted by Gasteiger charge is 2.37. The SMILES string of the molecule is CCOC(=O)[C@@H]1CCN(C(=O)[C@H]2Cc3ccccc3S2)c2ccccc21. The van der Waals surface area contributed by atoms with Gasteiger partial charge in [-0.25, -0.2) is 0 Å². The molecule has 0 radical (unpaired) electrons. The fraction of sp³-hybridized carbons (Fsp3) is 0.333. The number of hydrogen-bond donors (Lipinski definition) is 0. The van der Waals surface area contributed by atoms with Gasteiger partial charge in [0.1, 0.15) is 0 Å². The first-order chi connectivity index (χ1) is 12.7. The Morgan fingerprint density at radius 3 is 2.73 bits per heavy atom. The van der Waals surface area contributed by atoms with Gasteiger partial charge < -0.3 is 9.64 Å². The largest absolute Gasteiger partial charge is 0.466 e. The Morgan fingerprint density at radius 2 is 1.92 bits per heavy atom. The van der Waals surface area contributed by atoms with Crippen LogP contribution in [0.2, 0.25) is 0 Å². The number of nitrogens with zero attached hydrogens (tertiary/aromatic N) is 1. The van der Waals surface area contributed by atoms with E-state index in [0.29, 0.717) is 19.6 Å². The van der Waals surface area contributed by atoms with E-state index in [-0.39, 0.29) is 23.0 Å². The van der Waals surface area contributed by atoms with E-state index < -0.39 is 0 Å². The molecule has 0 N–H and O–H groups in total. The number of benzene rings is 2. The van der Waals surface area contributed by atoms with Gasteiger partial charge in [-0.15, -0.1) is 11.8 Å². The van der Waals surface area contributed by atoms with E-state index in [1.165, 1.54) is 10.5 Å². The Bertz CT molecular complexity index is 826. The molecule has 2 aromatic rings. The maximum absolute atomic E-state index is 13.2. The fourth-order valence-corrected chi connectivity index (χ4v) is 5.03. The van der Waals surface area contributed by atoms with Crippen molar-refractivity contribution in [3.8, 4) is 0 Å². The van der Waals surface area contributed by atoms with Crippen molar-refractivity contribution in [1.29, 1.82) is 0 Å². The molecule has 4 rings (SSSR count). The lowest BCUT2D eigenvalue weighted by Gasteiger charge is -2.34. The molecule has 2 atom stereocenters. The first-order valence-corrected chi connectivity index (χ1v) is 9.88. The van der Waals surface area contributed by atoms with Crippen molar-refractivity contribution < 1.29 is 14.3 Å². The Kier molecular flexibility index (Phi) is 4.72. The quantitative estimate of drug-likeness (QED) is 0.775. The first-order valence-electron chi connectivity index (χ1n) is 9.00. The number of esters is 1. The van der Waals surface area contributed by atoms with Crippen LogP contribution in [0, 0.1) is 0 Å². The average molecular weight is 367 g/mol. The number of amides is 1. The molecule has 5 heteroatoms. The number of carbonyl (C=O) groups is 2. The number of thioether (sulfide) groups is 1. The third-order valence-corrected chi connectivity index (χ3v) is 6.31. The molecule has 4 nitrogen and oxygen atoms in total. The van der Waals surface area contributed by atoms with Gasteiger partial charge in [-0.05, 0) is 43.0 Å². The summed E-state index contributed by atoms with van der Waals surface area (Å²) in [4.78, 5) is 28.6. The van der Waals surface area contributed by atoms with Crippen LogP contribution in [0.5, 0.6) is 0 Å². The fourth-order valence-electron chi connectivity index (χ4n) is 3.77. The number of para-hydroxylation sites is 1. The molecule has 134 valence electrons. The predicted molar refractivity (Wildman–Crippen MR) is 103 cm³/mol. The second-order valence-electron chi connectivity index (χ2n) is 6.56. The van der Waals surface area contributed by atoms with Crippen LogP contribution in [0.1, 0.15) is 30.4 Å². The van der Waals surface area contributed by atoms with Crippen LogP contribution in [0.4, 0.5) is 5.69 Å². The molecule has 26 heavy (non-hydrogen) atoms. The van der Waals surface area contributed by atoms with E-state index in [1.54, 1.807) is 11.8 Å². The minimum atomic E-state index is -0.288. The Labute approximate surface area is 157 Å². The van der Waals surface area contributed by atoms with Gasteiger partial charge in [0.05, 0.1) is 17.8 Å². The van der Waals surface area contributed by atoms with Crippen molar-refractivity contribution >= 4 is 29.3 Å². The first kappa shape index (κ1) is 17.2. The van der Waals surface area contributed by atoms with Crippen LogP contribution in [0.15, 0.2) is 53.4 Å². The van der Waals surface area contributed by atoms with Gasteiger partial charge in [-0.1, -0.05) is 36.4 Å². The van der Waals surface area contributed by atoms with Crippen LogP contribution in [-0.4, -0.2) is 30.3 Å². The number of fused-ring (bicyclic) bond motifs is 2. The smallest absolute Gasteiger partial charge is 0.313 e. The number of carbonyl (C=O) groups excluding carboxylic acids is 2. The molecule has 0 bridgehead atoms. The number of anilines is 1. The summed E-state index contributed by atoms with van der Waals surface area (Å²) >= 11 is 1.64. The highest BCUT2D eigenvalue weighted by atomic mass is 32.2. The minimum Gasteiger partial charge on any atom is -0.466 e. The van der Waals surface area contributed by atoms with Crippen molar-refractivity contribution in [3.05, 3.63) is 59.7 Å². The highest BCUT2D eigenvalue weighted by Crippen LogP contribution is 2.41. The van der Waals surface area contributed by atoms with Gasteiger partial charge in [-0.3, -0.25) is 9.59 Å². The van der Waals surface area contributed by atoms with Crippen molar-refractivity contribution in [3.63, 3.8) is 0 Å². The third-order valence-electron chi connectivity index (χ3n) is 5.00. The lowest BCUT2D eigenvalue weighted by Crippen LogP contribution is -2.42. The van der Waals surface area contributed by atoms with Crippen LogP contribution < -0.4 is 4.90 Å². The van der Waals surface area contributed by atoms with Crippen molar-refractivity contribution in [1.82, 2.24) is 0 Å². The second kappa shape index (κ2) is 7.16. The molecular formula is C21H21NO3S. The molecule has 2 aliphatic heterocycles. The summed E-state index contributed by atoms with van der Waals surface area (Å²) in [6.07, 6.45) is 1.37. The summed E-state index contributed by atoms with van der Waals surface area (Å²) in [5, 5.41) is -0.0976. The zero-order chi connectivity index (χ0) is 18.1. The number of rotatable bonds is 3. The van der Waals surface area contributed by atoms with E-state index >= 15 is 0 Å². The van der Waals surface area contributed by atoms with Crippen molar-refractivity contribution in [2.75, 3.05) is 18.1 Å². The van der Waals surface area contributed by atoms with Crippen LogP contribution in [-0.2, 0) is 20.7 Å². The third kappa shape index (κ3) is 3.01. The van der Waals surface area contributed by atoms with Crippen LogP contribution in [0.25, 0.3) is 0 Å². The molecule has 0 saturated heterocycles. The Balaban J connectivity index is 1.59. The molecule has 0 saturated carbocycles. The van der Waals surface area contributed by atoms with Gasteiger partial charge in [0, 0.05) is 17.1 Å². The summed E-state index contributed by atoms with van der Waals surface area (Å²) in [5.74, 6) is -0.362. The minimum absolute atomic E-state index is 0.0976. The van der Waals surface area contributed by atoms with Gasteiger partial charge in [-0.2, -0.15) is 0 Å². The van der Waals surface area contributed by atoms with E-state index in [0.717, 1.165) is 17.7 Å². The van der Waals surface area contributed by atoms with E-state index in [4.69, 9.17) is 4.74 Å². The molecular weight excluding hydrogens is 346 g/mol. The monoisotopic (exact) mass is 367 g/mol. The topological polar surface area (TPSA) is 46.6 Å². The lowest BCUT2D eigenvalue weighted by atomic mass is 9.89. The molecule has 0 aliphatic carbocycles. The molecule has 0 spiro atoms. The molecule has 0 aromatic heterocycles. The second-order valence-corrected chi connectivity index (χ2v) is 7.80.